The molecular formula is C25H20FNO3. The molecule has 0 bridgehead atoms. The zero-order valence-electron chi connectivity index (χ0n) is 16.5. The lowest BCUT2D eigenvalue weighted by atomic mass is 10.0. The van der Waals surface area contributed by atoms with Gasteiger partial charge in [-0.2, -0.15) is 0 Å². The van der Waals surface area contributed by atoms with Crippen molar-refractivity contribution in [1.82, 2.24) is 4.90 Å². The van der Waals surface area contributed by atoms with Crippen molar-refractivity contribution in [3.05, 3.63) is 100 Å². The smallest absolute Gasteiger partial charge is 0.231 e. The molecule has 0 radical (unpaired) electrons. The molecule has 5 rings (SSSR count). The van der Waals surface area contributed by atoms with E-state index in [0.29, 0.717) is 35.9 Å². The fourth-order valence-corrected chi connectivity index (χ4v) is 3.79. The first-order chi connectivity index (χ1) is 14.6. The summed E-state index contributed by atoms with van der Waals surface area (Å²) >= 11 is 0. The normalized spacial score (nSPS) is 16.7. The molecule has 0 unspecified atom stereocenters. The van der Waals surface area contributed by atoms with E-state index in [4.69, 9.17) is 9.47 Å². The average molecular weight is 401 g/mol. The van der Waals surface area contributed by atoms with Crippen LogP contribution < -0.4 is 9.47 Å². The second-order valence-corrected chi connectivity index (χ2v) is 7.63. The van der Waals surface area contributed by atoms with E-state index in [-0.39, 0.29) is 11.5 Å². The van der Waals surface area contributed by atoms with E-state index in [2.05, 4.69) is 36.1 Å². The number of allylic oxidation sites excluding steroid dienone is 1. The highest BCUT2D eigenvalue weighted by atomic mass is 19.1. The summed E-state index contributed by atoms with van der Waals surface area (Å²) in [5.74, 6) is 0.709. The molecule has 0 N–H and O–H groups in total. The molecule has 0 saturated heterocycles. The Balaban J connectivity index is 1.43. The van der Waals surface area contributed by atoms with Gasteiger partial charge in [-0.15, -0.1) is 0 Å². The summed E-state index contributed by atoms with van der Waals surface area (Å²) in [4.78, 5) is 15.0. The molecule has 0 saturated carbocycles. The Labute approximate surface area is 174 Å². The average Bonchev–Trinajstić information content (AvgIpc) is 3.07. The third-order valence-corrected chi connectivity index (χ3v) is 5.40. The fourth-order valence-electron chi connectivity index (χ4n) is 3.79. The molecule has 0 amide bonds. The Hall–Kier alpha value is -3.44. The van der Waals surface area contributed by atoms with Crippen LogP contribution in [0.25, 0.3) is 6.08 Å². The molecule has 0 atom stereocenters. The molecular weight excluding hydrogens is 381 g/mol. The van der Waals surface area contributed by atoms with Gasteiger partial charge in [0.05, 0.1) is 11.1 Å². The minimum atomic E-state index is -0.396. The Morgan fingerprint density at radius 3 is 2.67 bits per heavy atom. The lowest BCUT2D eigenvalue weighted by Crippen LogP contribution is -2.31. The van der Waals surface area contributed by atoms with Crippen LogP contribution in [0, 0.1) is 12.7 Å². The Kier molecular flexibility index (Phi) is 4.60. The lowest BCUT2D eigenvalue weighted by Gasteiger charge is -2.29. The SMILES string of the molecule is Cc1ccc(CN2COc3ccc4c(c3C2)O/C(=C\c2ccccc2F)C4=O)cc1. The third-order valence-electron chi connectivity index (χ3n) is 5.40. The van der Waals surface area contributed by atoms with Gasteiger partial charge in [0, 0.05) is 18.7 Å². The summed E-state index contributed by atoms with van der Waals surface area (Å²) in [5, 5.41) is 0. The molecule has 30 heavy (non-hydrogen) atoms. The van der Waals surface area contributed by atoms with E-state index < -0.39 is 5.82 Å². The number of carbonyl (C=O) groups excluding carboxylic acids is 1. The first kappa shape index (κ1) is 18.6. The van der Waals surface area contributed by atoms with Crippen LogP contribution >= 0.6 is 0 Å². The lowest BCUT2D eigenvalue weighted by molar-refractivity contribution is 0.0873. The number of nitrogens with zero attached hydrogens (tertiary/aromatic N) is 1. The maximum atomic E-state index is 14.0. The van der Waals surface area contributed by atoms with Crippen molar-refractivity contribution >= 4 is 11.9 Å². The van der Waals surface area contributed by atoms with E-state index >= 15 is 0 Å². The van der Waals surface area contributed by atoms with Gasteiger partial charge in [-0.1, -0.05) is 48.0 Å². The number of fused-ring (bicyclic) bond motifs is 3. The standard InChI is InChI=1S/C25H20FNO3/c1-16-6-8-17(9-7-16)13-27-14-20-22(29-15-27)11-10-19-24(28)23(30-25(19)20)12-18-4-2-3-5-21(18)26/h2-12H,13-15H2,1H3/b23-12-. The molecule has 3 aromatic carbocycles. The van der Waals surface area contributed by atoms with Gasteiger partial charge in [0.25, 0.3) is 0 Å². The number of rotatable bonds is 3. The number of carbonyl (C=O) groups is 1. The number of benzene rings is 3. The van der Waals surface area contributed by atoms with Crippen molar-refractivity contribution in [1.29, 1.82) is 0 Å². The second kappa shape index (κ2) is 7.43. The maximum Gasteiger partial charge on any atom is 0.231 e. The van der Waals surface area contributed by atoms with Gasteiger partial charge < -0.3 is 9.47 Å². The number of halogens is 1. The van der Waals surface area contributed by atoms with E-state index in [9.17, 15) is 9.18 Å². The Morgan fingerprint density at radius 1 is 1.07 bits per heavy atom. The van der Waals surface area contributed by atoms with Crippen molar-refractivity contribution in [3.8, 4) is 11.5 Å². The van der Waals surface area contributed by atoms with Crippen LogP contribution in [0.1, 0.15) is 32.6 Å². The summed E-state index contributed by atoms with van der Waals surface area (Å²) in [5.41, 5.74) is 4.06. The summed E-state index contributed by atoms with van der Waals surface area (Å²) in [6.07, 6.45) is 1.46. The second-order valence-electron chi connectivity index (χ2n) is 7.63. The van der Waals surface area contributed by atoms with Gasteiger partial charge in [0.15, 0.2) is 5.76 Å². The Morgan fingerprint density at radius 2 is 1.87 bits per heavy atom. The number of Topliss-reactive ketones (excluding diaryl/α,β-unsaturated/α-hetero) is 1. The third kappa shape index (κ3) is 3.37. The largest absolute Gasteiger partial charge is 0.478 e. The molecule has 2 heterocycles. The van der Waals surface area contributed by atoms with Crippen LogP contribution in [0.4, 0.5) is 4.39 Å². The molecule has 0 aromatic heterocycles. The van der Waals surface area contributed by atoms with Crippen molar-refractivity contribution < 1.29 is 18.7 Å². The van der Waals surface area contributed by atoms with E-state index in [1.807, 2.05) is 6.07 Å². The van der Waals surface area contributed by atoms with Crippen molar-refractivity contribution in [2.75, 3.05) is 6.73 Å². The van der Waals surface area contributed by atoms with Crippen LogP contribution in [-0.2, 0) is 13.1 Å². The van der Waals surface area contributed by atoms with Gasteiger partial charge in [0.1, 0.15) is 24.0 Å². The minimum absolute atomic E-state index is 0.124. The van der Waals surface area contributed by atoms with Crippen molar-refractivity contribution in [2.24, 2.45) is 0 Å². The molecule has 2 aliphatic rings. The number of aryl methyl sites for hydroxylation is 1. The zero-order valence-corrected chi connectivity index (χ0v) is 16.5. The summed E-state index contributed by atoms with van der Waals surface area (Å²) in [6, 6.07) is 18.2. The fraction of sp³-hybridized carbons (Fsp3) is 0.160. The van der Waals surface area contributed by atoms with Crippen LogP contribution in [0.3, 0.4) is 0 Å². The molecule has 0 aliphatic carbocycles. The number of hydrogen-bond acceptors (Lipinski definition) is 4. The maximum absolute atomic E-state index is 14.0. The van der Waals surface area contributed by atoms with Gasteiger partial charge in [-0.05, 0) is 36.8 Å². The molecule has 4 nitrogen and oxygen atoms in total. The number of hydrogen-bond donors (Lipinski definition) is 0. The quantitative estimate of drug-likeness (QED) is 0.572. The Bertz CT molecular complexity index is 1170. The molecule has 2 aliphatic heterocycles. The van der Waals surface area contributed by atoms with Crippen LogP contribution in [0.5, 0.6) is 11.5 Å². The van der Waals surface area contributed by atoms with Gasteiger partial charge in [-0.3, -0.25) is 9.69 Å². The van der Waals surface area contributed by atoms with Crippen LogP contribution in [-0.4, -0.2) is 17.4 Å². The zero-order chi connectivity index (χ0) is 20.7. The highest BCUT2D eigenvalue weighted by Gasteiger charge is 2.33. The summed E-state index contributed by atoms with van der Waals surface area (Å²) in [7, 11) is 0. The molecule has 5 heteroatoms. The summed E-state index contributed by atoms with van der Waals surface area (Å²) in [6.45, 7) is 3.86. The first-order valence-electron chi connectivity index (χ1n) is 9.84. The number of ether oxygens (including phenoxy) is 2. The first-order valence-corrected chi connectivity index (χ1v) is 9.84. The molecule has 0 fully saturated rings. The predicted molar refractivity (Wildman–Crippen MR) is 112 cm³/mol. The van der Waals surface area contributed by atoms with Crippen LogP contribution in [0.15, 0.2) is 66.4 Å². The van der Waals surface area contributed by atoms with Crippen LogP contribution in [0.2, 0.25) is 0 Å². The minimum Gasteiger partial charge on any atom is -0.478 e. The molecule has 3 aromatic rings. The van der Waals surface area contributed by atoms with E-state index in [0.717, 1.165) is 12.1 Å². The topological polar surface area (TPSA) is 38.8 Å². The number of ketones is 1. The van der Waals surface area contributed by atoms with Gasteiger partial charge in [0.2, 0.25) is 5.78 Å². The molecule has 0 spiro atoms. The van der Waals surface area contributed by atoms with Crippen molar-refractivity contribution in [3.63, 3.8) is 0 Å². The monoisotopic (exact) mass is 401 g/mol. The van der Waals surface area contributed by atoms with E-state index in [1.165, 1.54) is 23.3 Å². The highest BCUT2D eigenvalue weighted by Crippen LogP contribution is 2.42. The predicted octanol–water partition coefficient (Wildman–Crippen LogP) is 5.10. The summed E-state index contributed by atoms with van der Waals surface area (Å²) < 4.78 is 25.9. The van der Waals surface area contributed by atoms with Gasteiger partial charge >= 0.3 is 0 Å². The molecule has 150 valence electrons. The van der Waals surface area contributed by atoms with Gasteiger partial charge in [-0.25, -0.2) is 4.39 Å². The van der Waals surface area contributed by atoms with E-state index in [1.54, 1.807) is 24.3 Å². The highest BCUT2D eigenvalue weighted by molar-refractivity contribution is 6.15. The van der Waals surface area contributed by atoms with Crippen molar-refractivity contribution in [2.45, 2.75) is 20.0 Å².